The van der Waals surface area contributed by atoms with E-state index in [4.69, 9.17) is 0 Å². The van der Waals surface area contributed by atoms with Gasteiger partial charge in [-0.05, 0) is 43.4 Å². The second kappa shape index (κ2) is 5.06. The van der Waals surface area contributed by atoms with Gasteiger partial charge in [-0.2, -0.15) is 5.10 Å². The summed E-state index contributed by atoms with van der Waals surface area (Å²) in [4.78, 5) is 4.44. The summed E-state index contributed by atoms with van der Waals surface area (Å²) < 4.78 is 0. The van der Waals surface area contributed by atoms with Gasteiger partial charge in [0.1, 0.15) is 0 Å². The topological polar surface area (TPSA) is 53.6 Å². The van der Waals surface area contributed by atoms with Crippen molar-refractivity contribution < 1.29 is 0 Å². The Kier molecular flexibility index (Phi) is 3.28. The van der Waals surface area contributed by atoms with Crippen molar-refractivity contribution in [2.45, 2.75) is 45.1 Å². The maximum Gasteiger partial charge on any atom is 0.155 e. The van der Waals surface area contributed by atoms with Crippen LogP contribution in [0.1, 0.15) is 37.3 Å². The number of nitrogens with one attached hydrogen (secondary N) is 2. The number of fused-ring (bicyclic) bond motifs is 3. The lowest BCUT2D eigenvalue weighted by molar-refractivity contribution is 0.453. The van der Waals surface area contributed by atoms with Gasteiger partial charge in [-0.25, -0.2) is 4.98 Å². The van der Waals surface area contributed by atoms with E-state index in [1.807, 2.05) is 12.4 Å². The standard InChI is InChI=1S/C14H20N4/c1-2-3-6-15-11-4-5-12-10(7-11)8-16-14-13(12)9-17-18-14/h8-9,11,15H,2-7H2,1H3,(H,16,17,18). The molecule has 2 heterocycles. The summed E-state index contributed by atoms with van der Waals surface area (Å²) in [5, 5.41) is 11.9. The van der Waals surface area contributed by atoms with Crippen molar-refractivity contribution in [3.8, 4) is 0 Å². The Balaban J connectivity index is 1.76. The molecule has 0 amide bonds. The molecule has 4 heteroatoms. The molecule has 1 aliphatic rings. The minimum absolute atomic E-state index is 0.621. The molecule has 1 aliphatic carbocycles. The normalized spacial score (nSPS) is 19.1. The van der Waals surface area contributed by atoms with Crippen molar-refractivity contribution in [3.63, 3.8) is 0 Å². The highest BCUT2D eigenvalue weighted by molar-refractivity contribution is 5.79. The van der Waals surface area contributed by atoms with Crippen LogP contribution in [0, 0.1) is 0 Å². The summed E-state index contributed by atoms with van der Waals surface area (Å²) in [6, 6.07) is 0.621. The van der Waals surface area contributed by atoms with Crippen LogP contribution in [-0.2, 0) is 12.8 Å². The summed E-state index contributed by atoms with van der Waals surface area (Å²) in [6.07, 6.45) is 9.91. The van der Waals surface area contributed by atoms with E-state index in [0.717, 1.165) is 25.0 Å². The molecule has 96 valence electrons. The predicted molar refractivity (Wildman–Crippen MR) is 72.6 cm³/mol. The maximum atomic E-state index is 4.44. The Morgan fingerprint density at radius 3 is 3.28 bits per heavy atom. The van der Waals surface area contributed by atoms with Gasteiger partial charge in [0.25, 0.3) is 0 Å². The first-order valence-corrected chi connectivity index (χ1v) is 6.91. The second-order valence-corrected chi connectivity index (χ2v) is 5.14. The third-order valence-corrected chi connectivity index (χ3v) is 3.85. The Morgan fingerprint density at radius 1 is 1.44 bits per heavy atom. The predicted octanol–water partition coefficient (Wildman–Crippen LogP) is 2.20. The number of aromatic nitrogens is 3. The number of nitrogens with zero attached hydrogens (tertiary/aromatic N) is 2. The van der Waals surface area contributed by atoms with E-state index in [-0.39, 0.29) is 0 Å². The molecule has 1 atom stereocenters. The molecule has 0 spiro atoms. The summed E-state index contributed by atoms with van der Waals surface area (Å²) >= 11 is 0. The van der Waals surface area contributed by atoms with E-state index >= 15 is 0 Å². The average molecular weight is 244 g/mol. The molecule has 1 unspecified atom stereocenters. The van der Waals surface area contributed by atoms with Crippen LogP contribution in [0.3, 0.4) is 0 Å². The summed E-state index contributed by atoms with van der Waals surface area (Å²) in [5.74, 6) is 0. The van der Waals surface area contributed by atoms with E-state index in [2.05, 4.69) is 27.4 Å². The fourth-order valence-electron chi connectivity index (χ4n) is 2.81. The van der Waals surface area contributed by atoms with Crippen LogP contribution in [0.4, 0.5) is 0 Å². The van der Waals surface area contributed by atoms with E-state index < -0.39 is 0 Å². The molecule has 2 aromatic heterocycles. The van der Waals surface area contributed by atoms with Gasteiger partial charge < -0.3 is 5.32 Å². The maximum absolute atomic E-state index is 4.44. The van der Waals surface area contributed by atoms with Crippen molar-refractivity contribution in [3.05, 3.63) is 23.5 Å². The Bertz CT molecular complexity index is 532. The molecule has 0 bridgehead atoms. The molecule has 18 heavy (non-hydrogen) atoms. The zero-order valence-electron chi connectivity index (χ0n) is 10.9. The highest BCUT2D eigenvalue weighted by atomic mass is 15.1. The highest BCUT2D eigenvalue weighted by Crippen LogP contribution is 2.26. The lowest BCUT2D eigenvalue weighted by Crippen LogP contribution is -2.35. The Morgan fingerprint density at radius 2 is 2.39 bits per heavy atom. The average Bonchev–Trinajstić information content (AvgIpc) is 2.87. The summed E-state index contributed by atoms with van der Waals surface area (Å²) in [5.41, 5.74) is 3.76. The lowest BCUT2D eigenvalue weighted by Gasteiger charge is -2.25. The number of hydrogen-bond acceptors (Lipinski definition) is 3. The number of pyridine rings is 1. The second-order valence-electron chi connectivity index (χ2n) is 5.14. The van der Waals surface area contributed by atoms with Crippen molar-refractivity contribution in [1.29, 1.82) is 0 Å². The number of hydrogen-bond donors (Lipinski definition) is 2. The highest BCUT2D eigenvalue weighted by Gasteiger charge is 2.20. The molecule has 4 nitrogen and oxygen atoms in total. The zero-order chi connectivity index (χ0) is 12.4. The van der Waals surface area contributed by atoms with Gasteiger partial charge in [0.15, 0.2) is 5.65 Å². The Hall–Kier alpha value is -1.42. The third kappa shape index (κ3) is 2.12. The molecule has 3 rings (SSSR count). The first kappa shape index (κ1) is 11.7. The van der Waals surface area contributed by atoms with Crippen LogP contribution >= 0.6 is 0 Å². The van der Waals surface area contributed by atoms with Crippen molar-refractivity contribution in [2.75, 3.05) is 6.54 Å². The largest absolute Gasteiger partial charge is 0.314 e. The number of aryl methyl sites for hydroxylation is 1. The van der Waals surface area contributed by atoms with Gasteiger partial charge in [-0.15, -0.1) is 0 Å². The molecular formula is C14H20N4. The van der Waals surface area contributed by atoms with Crippen molar-refractivity contribution in [2.24, 2.45) is 0 Å². The molecular weight excluding hydrogens is 224 g/mol. The SMILES string of the molecule is CCCCNC1CCc2c(cnc3[nH]ncc23)C1. The number of rotatable bonds is 4. The molecule has 0 aromatic carbocycles. The fourth-order valence-corrected chi connectivity index (χ4v) is 2.81. The van der Waals surface area contributed by atoms with Crippen LogP contribution in [0.5, 0.6) is 0 Å². The van der Waals surface area contributed by atoms with Crippen LogP contribution in [0.15, 0.2) is 12.4 Å². The number of aromatic amines is 1. The van der Waals surface area contributed by atoms with Crippen LogP contribution < -0.4 is 5.32 Å². The number of unbranched alkanes of at least 4 members (excludes halogenated alkanes) is 1. The van der Waals surface area contributed by atoms with E-state index in [1.54, 1.807) is 0 Å². The first-order chi connectivity index (χ1) is 8.88. The zero-order valence-corrected chi connectivity index (χ0v) is 10.9. The molecule has 2 aromatic rings. The van der Waals surface area contributed by atoms with E-state index in [9.17, 15) is 0 Å². The third-order valence-electron chi connectivity index (χ3n) is 3.85. The summed E-state index contributed by atoms with van der Waals surface area (Å²) in [6.45, 7) is 3.37. The Labute approximate surface area is 107 Å². The molecule has 0 radical (unpaired) electrons. The monoisotopic (exact) mass is 244 g/mol. The van der Waals surface area contributed by atoms with Gasteiger partial charge in [-0.1, -0.05) is 13.3 Å². The summed E-state index contributed by atoms with van der Waals surface area (Å²) in [7, 11) is 0. The van der Waals surface area contributed by atoms with Crippen LogP contribution in [0.25, 0.3) is 11.0 Å². The molecule has 2 N–H and O–H groups in total. The quantitative estimate of drug-likeness (QED) is 0.811. The smallest absolute Gasteiger partial charge is 0.155 e. The molecule has 0 saturated carbocycles. The van der Waals surface area contributed by atoms with E-state index in [0.29, 0.717) is 6.04 Å². The van der Waals surface area contributed by atoms with Crippen molar-refractivity contribution in [1.82, 2.24) is 20.5 Å². The molecule has 0 aliphatic heterocycles. The first-order valence-electron chi connectivity index (χ1n) is 6.91. The minimum Gasteiger partial charge on any atom is -0.314 e. The molecule has 0 fully saturated rings. The van der Waals surface area contributed by atoms with Gasteiger partial charge in [-0.3, -0.25) is 5.10 Å². The van der Waals surface area contributed by atoms with Gasteiger partial charge in [0.05, 0.1) is 6.20 Å². The minimum atomic E-state index is 0.621. The number of H-pyrrole nitrogens is 1. The lowest BCUT2D eigenvalue weighted by atomic mass is 9.88. The fraction of sp³-hybridized carbons (Fsp3) is 0.571. The van der Waals surface area contributed by atoms with Crippen LogP contribution in [-0.4, -0.2) is 27.8 Å². The van der Waals surface area contributed by atoms with Gasteiger partial charge in [0, 0.05) is 17.6 Å². The van der Waals surface area contributed by atoms with Crippen molar-refractivity contribution >= 4 is 11.0 Å². The molecule has 0 saturated heterocycles. The van der Waals surface area contributed by atoms with E-state index in [1.165, 1.54) is 35.8 Å². The van der Waals surface area contributed by atoms with Crippen LogP contribution in [0.2, 0.25) is 0 Å². The van der Waals surface area contributed by atoms with Gasteiger partial charge in [0.2, 0.25) is 0 Å². The van der Waals surface area contributed by atoms with Gasteiger partial charge >= 0.3 is 0 Å².